The zero-order valence-corrected chi connectivity index (χ0v) is 8.52. The first-order valence-corrected chi connectivity index (χ1v) is 4.35. The molecule has 0 unspecified atom stereocenters. The Morgan fingerprint density at radius 2 is 1.73 bits per heavy atom. The van der Waals surface area contributed by atoms with Crippen LogP contribution in [0.5, 0.6) is 0 Å². The molecule has 0 aromatic carbocycles. The standard InChI is InChI=1S/C10H21N/c1-8(2)7-11(6)10(5)9(3)4/h8-9H,5,7H2,1-4,6H3. The van der Waals surface area contributed by atoms with Gasteiger partial charge in [-0.3, -0.25) is 0 Å². The Labute approximate surface area is 71.1 Å². The van der Waals surface area contributed by atoms with E-state index in [1.807, 2.05) is 0 Å². The van der Waals surface area contributed by atoms with Crippen LogP contribution in [0.15, 0.2) is 12.3 Å². The van der Waals surface area contributed by atoms with E-state index >= 15 is 0 Å². The number of nitrogens with zero attached hydrogens (tertiary/aromatic N) is 1. The molecular weight excluding hydrogens is 134 g/mol. The molecule has 0 aromatic heterocycles. The summed E-state index contributed by atoms with van der Waals surface area (Å²) in [4.78, 5) is 2.25. The zero-order valence-electron chi connectivity index (χ0n) is 8.52. The van der Waals surface area contributed by atoms with Gasteiger partial charge in [-0.05, 0) is 11.8 Å². The Morgan fingerprint density at radius 3 is 2.00 bits per heavy atom. The SMILES string of the molecule is C=C(C(C)C)N(C)CC(C)C. The zero-order chi connectivity index (χ0) is 9.02. The van der Waals surface area contributed by atoms with Gasteiger partial charge in [0.05, 0.1) is 0 Å². The minimum absolute atomic E-state index is 0.568. The molecule has 1 nitrogen and oxygen atoms in total. The van der Waals surface area contributed by atoms with Gasteiger partial charge in [-0.15, -0.1) is 0 Å². The topological polar surface area (TPSA) is 3.24 Å². The predicted octanol–water partition coefficient (Wildman–Crippen LogP) is 2.74. The van der Waals surface area contributed by atoms with Gasteiger partial charge >= 0.3 is 0 Å². The van der Waals surface area contributed by atoms with Crippen molar-refractivity contribution >= 4 is 0 Å². The van der Waals surface area contributed by atoms with Gasteiger partial charge in [0.2, 0.25) is 0 Å². The average Bonchev–Trinajstić information content (AvgIpc) is 1.84. The molecule has 0 heterocycles. The second kappa shape index (κ2) is 4.42. The molecule has 0 spiro atoms. The monoisotopic (exact) mass is 155 g/mol. The fourth-order valence-corrected chi connectivity index (χ4v) is 1.11. The maximum absolute atomic E-state index is 4.03. The van der Waals surface area contributed by atoms with Gasteiger partial charge in [-0.25, -0.2) is 0 Å². The summed E-state index contributed by atoms with van der Waals surface area (Å²) in [5.41, 5.74) is 1.23. The molecule has 0 saturated heterocycles. The molecular formula is C10H21N. The highest BCUT2D eigenvalue weighted by atomic mass is 15.1. The molecule has 0 aromatic rings. The van der Waals surface area contributed by atoms with Crippen LogP contribution < -0.4 is 0 Å². The van der Waals surface area contributed by atoms with Crippen LogP contribution in [0.25, 0.3) is 0 Å². The van der Waals surface area contributed by atoms with E-state index in [4.69, 9.17) is 0 Å². The molecule has 11 heavy (non-hydrogen) atoms. The molecule has 0 amide bonds. The van der Waals surface area contributed by atoms with E-state index in [1.165, 1.54) is 5.70 Å². The smallest absolute Gasteiger partial charge is 0.0194 e. The third-order valence-electron chi connectivity index (χ3n) is 1.80. The highest BCUT2D eigenvalue weighted by Crippen LogP contribution is 2.12. The average molecular weight is 155 g/mol. The van der Waals surface area contributed by atoms with Crippen LogP contribution in [-0.4, -0.2) is 18.5 Å². The lowest BCUT2D eigenvalue weighted by Gasteiger charge is -2.25. The second-order valence-corrected chi connectivity index (χ2v) is 3.92. The van der Waals surface area contributed by atoms with Crippen molar-refractivity contribution in [2.24, 2.45) is 11.8 Å². The summed E-state index contributed by atoms with van der Waals surface area (Å²) in [5, 5.41) is 0. The molecule has 0 atom stereocenters. The molecule has 0 fully saturated rings. The van der Waals surface area contributed by atoms with Crippen molar-refractivity contribution in [3.8, 4) is 0 Å². The molecule has 0 aliphatic heterocycles. The van der Waals surface area contributed by atoms with Gasteiger partial charge < -0.3 is 4.90 Å². The summed E-state index contributed by atoms with van der Waals surface area (Å²) < 4.78 is 0. The van der Waals surface area contributed by atoms with E-state index in [1.54, 1.807) is 0 Å². The summed E-state index contributed by atoms with van der Waals surface area (Å²) >= 11 is 0. The largest absolute Gasteiger partial charge is 0.378 e. The lowest BCUT2D eigenvalue weighted by Crippen LogP contribution is -2.24. The normalized spacial score (nSPS) is 10.8. The molecule has 0 aliphatic carbocycles. The van der Waals surface area contributed by atoms with Gasteiger partial charge in [0, 0.05) is 19.3 Å². The van der Waals surface area contributed by atoms with Crippen molar-refractivity contribution in [1.29, 1.82) is 0 Å². The first-order chi connectivity index (χ1) is 4.95. The van der Waals surface area contributed by atoms with Crippen LogP contribution in [0, 0.1) is 11.8 Å². The van der Waals surface area contributed by atoms with Crippen LogP contribution in [0.2, 0.25) is 0 Å². The summed E-state index contributed by atoms with van der Waals surface area (Å²) in [6.45, 7) is 14.0. The summed E-state index contributed by atoms with van der Waals surface area (Å²) in [6, 6.07) is 0. The molecule has 1 heteroatoms. The maximum Gasteiger partial charge on any atom is 0.0194 e. The fourth-order valence-electron chi connectivity index (χ4n) is 1.11. The Morgan fingerprint density at radius 1 is 1.27 bits per heavy atom. The van der Waals surface area contributed by atoms with E-state index in [2.05, 4.69) is 46.2 Å². The van der Waals surface area contributed by atoms with E-state index in [9.17, 15) is 0 Å². The third kappa shape index (κ3) is 4.07. The minimum atomic E-state index is 0.568. The first kappa shape index (κ1) is 10.5. The van der Waals surface area contributed by atoms with E-state index in [-0.39, 0.29) is 0 Å². The number of rotatable bonds is 4. The maximum atomic E-state index is 4.03. The predicted molar refractivity (Wildman–Crippen MR) is 51.4 cm³/mol. The van der Waals surface area contributed by atoms with Crippen molar-refractivity contribution in [2.45, 2.75) is 27.7 Å². The molecule has 0 aliphatic rings. The molecule has 0 N–H and O–H groups in total. The Hall–Kier alpha value is -0.460. The van der Waals surface area contributed by atoms with Crippen LogP contribution >= 0.6 is 0 Å². The van der Waals surface area contributed by atoms with Crippen LogP contribution in [-0.2, 0) is 0 Å². The lowest BCUT2D eigenvalue weighted by molar-refractivity contribution is 0.333. The van der Waals surface area contributed by atoms with E-state index < -0.39 is 0 Å². The van der Waals surface area contributed by atoms with Crippen molar-refractivity contribution in [2.75, 3.05) is 13.6 Å². The second-order valence-electron chi connectivity index (χ2n) is 3.92. The summed E-state index contributed by atoms with van der Waals surface area (Å²) in [7, 11) is 2.11. The molecule has 66 valence electrons. The van der Waals surface area contributed by atoms with E-state index in [0.29, 0.717) is 5.92 Å². The van der Waals surface area contributed by atoms with Crippen molar-refractivity contribution in [3.05, 3.63) is 12.3 Å². The number of allylic oxidation sites excluding steroid dienone is 1. The number of hydrogen-bond donors (Lipinski definition) is 0. The van der Waals surface area contributed by atoms with E-state index in [0.717, 1.165) is 12.5 Å². The van der Waals surface area contributed by atoms with Crippen LogP contribution in [0.3, 0.4) is 0 Å². The Balaban J connectivity index is 3.83. The fraction of sp³-hybridized carbons (Fsp3) is 0.800. The molecule has 0 rings (SSSR count). The van der Waals surface area contributed by atoms with Crippen LogP contribution in [0.4, 0.5) is 0 Å². The summed E-state index contributed by atoms with van der Waals surface area (Å²) in [6.07, 6.45) is 0. The Kier molecular flexibility index (Phi) is 4.24. The molecule has 0 bridgehead atoms. The van der Waals surface area contributed by atoms with Crippen molar-refractivity contribution in [1.82, 2.24) is 4.90 Å². The minimum Gasteiger partial charge on any atom is -0.378 e. The van der Waals surface area contributed by atoms with Gasteiger partial charge in [-0.1, -0.05) is 34.3 Å². The third-order valence-corrected chi connectivity index (χ3v) is 1.80. The highest BCUT2D eigenvalue weighted by molar-refractivity contribution is 4.95. The molecule has 0 radical (unpaired) electrons. The van der Waals surface area contributed by atoms with Gasteiger partial charge in [0.15, 0.2) is 0 Å². The first-order valence-electron chi connectivity index (χ1n) is 4.35. The van der Waals surface area contributed by atoms with Gasteiger partial charge in [0.1, 0.15) is 0 Å². The number of hydrogen-bond acceptors (Lipinski definition) is 1. The Bertz CT molecular complexity index is 125. The quantitative estimate of drug-likeness (QED) is 0.603. The lowest BCUT2D eigenvalue weighted by atomic mass is 10.1. The van der Waals surface area contributed by atoms with Crippen molar-refractivity contribution in [3.63, 3.8) is 0 Å². The van der Waals surface area contributed by atoms with Gasteiger partial charge in [-0.2, -0.15) is 0 Å². The highest BCUT2D eigenvalue weighted by Gasteiger charge is 2.06. The van der Waals surface area contributed by atoms with Crippen LogP contribution in [0.1, 0.15) is 27.7 Å². The molecule has 0 saturated carbocycles. The summed E-state index contributed by atoms with van der Waals surface area (Å²) in [5.74, 6) is 1.29. The van der Waals surface area contributed by atoms with Crippen molar-refractivity contribution < 1.29 is 0 Å². The van der Waals surface area contributed by atoms with Gasteiger partial charge in [0.25, 0.3) is 0 Å².